The van der Waals surface area contributed by atoms with E-state index in [0.29, 0.717) is 23.5 Å². The number of carbonyl (C=O) groups is 1. The Morgan fingerprint density at radius 3 is 2.31 bits per heavy atom. The van der Waals surface area contributed by atoms with E-state index in [4.69, 9.17) is 14.2 Å². The Hall–Kier alpha value is -2.95. The summed E-state index contributed by atoms with van der Waals surface area (Å²) < 4.78 is 15.9. The topological polar surface area (TPSA) is 56.8 Å². The Balaban J connectivity index is 2.18. The van der Waals surface area contributed by atoms with E-state index >= 15 is 0 Å². The molecule has 1 N–H and O–H groups in total. The normalized spacial score (nSPS) is 11.4. The first-order chi connectivity index (χ1) is 12.5. The van der Waals surface area contributed by atoms with Crippen LogP contribution >= 0.6 is 0 Å². The Morgan fingerprint density at radius 2 is 1.69 bits per heavy atom. The Morgan fingerprint density at radius 1 is 1.04 bits per heavy atom. The number of rotatable bonds is 8. The summed E-state index contributed by atoms with van der Waals surface area (Å²) in [5.41, 5.74) is 2.43. The van der Waals surface area contributed by atoms with Crippen LogP contribution in [0.4, 0.5) is 0 Å². The van der Waals surface area contributed by atoms with Gasteiger partial charge in [0.1, 0.15) is 5.75 Å². The molecule has 0 saturated heterocycles. The highest BCUT2D eigenvalue weighted by molar-refractivity contribution is 5.94. The van der Waals surface area contributed by atoms with Gasteiger partial charge in [0.05, 0.1) is 27.4 Å². The van der Waals surface area contributed by atoms with Crippen molar-refractivity contribution in [1.29, 1.82) is 0 Å². The van der Waals surface area contributed by atoms with Gasteiger partial charge in [-0.05, 0) is 54.8 Å². The van der Waals surface area contributed by atoms with Crippen molar-refractivity contribution in [1.82, 2.24) is 5.32 Å². The zero-order valence-electron chi connectivity index (χ0n) is 15.7. The van der Waals surface area contributed by atoms with Gasteiger partial charge in [-0.15, -0.1) is 6.58 Å². The molecule has 5 nitrogen and oxygen atoms in total. The number of allylic oxidation sites excluding steroid dienone is 1. The average Bonchev–Trinajstić information content (AvgIpc) is 2.67. The number of carbonyl (C=O) groups excluding carboxylic acids is 1. The molecule has 0 aliphatic heterocycles. The minimum absolute atomic E-state index is 0.153. The number of hydrogen-bond donors (Lipinski definition) is 1. The second kappa shape index (κ2) is 8.94. The molecule has 2 rings (SSSR count). The van der Waals surface area contributed by atoms with Gasteiger partial charge < -0.3 is 19.5 Å². The molecular weight excluding hydrogens is 330 g/mol. The monoisotopic (exact) mass is 355 g/mol. The Labute approximate surface area is 154 Å². The SMILES string of the molecule is C=CCc1cc(C(=O)N[C@@H](C)c2ccc(OC)c(OC)c2)ccc1OC. The lowest BCUT2D eigenvalue weighted by Crippen LogP contribution is -2.26. The number of benzene rings is 2. The Kier molecular flexibility index (Phi) is 6.67. The van der Waals surface area contributed by atoms with Gasteiger partial charge >= 0.3 is 0 Å². The summed E-state index contributed by atoms with van der Waals surface area (Å²) in [6, 6.07) is 10.8. The molecule has 1 amide bonds. The van der Waals surface area contributed by atoms with Crippen LogP contribution in [-0.2, 0) is 6.42 Å². The van der Waals surface area contributed by atoms with Crippen molar-refractivity contribution in [2.75, 3.05) is 21.3 Å². The lowest BCUT2D eigenvalue weighted by Gasteiger charge is -2.17. The number of ether oxygens (including phenoxy) is 3. The molecular formula is C21H25NO4. The third-order valence-electron chi connectivity index (χ3n) is 4.16. The van der Waals surface area contributed by atoms with Crippen LogP contribution in [-0.4, -0.2) is 27.2 Å². The molecule has 138 valence electrons. The fourth-order valence-electron chi connectivity index (χ4n) is 2.72. The van der Waals surface area contributed by atoms with Crippen LogP contribution < -0.4 is 19.5 Å². The van der Waals surface area contributed by atoms with Crippen LogP contribution in [0.3, 0.4) is 0 Å². The van der Waals surface area contributed by atoms with Crippen LogP contribution in [0, 0.1) is 0 Å². The lowest BCUT2D eigenvalue weighted by atomic mass is 10.0. The molecule has 0 saturated carbocycles. The third kappa shape index (κ3) is 4.36. The first-order valence-corrected chi connectivity index (χ1v) is 8.34. The molecule has 26 heavy (non-hydrogen) atoms. The molecule has 2 aromatic carbocycles. The third-order valence-corrected chi connectivity index (χ3v) is 4.16. The molecule has 1 atom stereocenters. The molecule has 0 aromatic heterocycles. The van der Waals surface area contributed by atoms with E-state index in [1.165, 1.54) is 0 Å². The standard InChI is InChI=1S/C21H25NO4/c1-6-7-16-12-17(9-10-18(16)24-3)21(23)22-14(2)15-8-11-19(25-4)20(13-15)26-5/h6,8-14H,1,7H2,2-5H3,(H,22,23)/t14-/m0/s1. The molecule has 0 aliphatic carbocycles. The van der Waals surface area contributed by atoms with Crippen LogP contribution in [0.25, 0.3) is 0 Å². The average molecular weight is 355 g/mol. The van der Waals surface area contributed by atoms with Gasteiger partial charge in [-0.1, -0.05) is 12.1 Å². The molecule has 0 aliphatic rings. The van der Waals surface area contributed by atoms with Crippen LogP contribution in [0.1, 0.15) is 34.5 Å². The number of methoxy groups -OCH3 is 3. The largest absolute Gasteiger partial charge is 0.496 e. The van der Waals surface area contributed by atoms with E-state index in [0.717, 1.165) is 16.9 Å². The highest BCUT2D eigenvalue weighted by atomic mass is 16.5. The highest BCUT2D eigenvalue weighted by Gasteiger charge is 2.15. The van der Waals surface area contributed by atoms with Gasteiger partial charge in [-0.25, -0.2) is 0 Å². The van der Waals surface area contributed by atoms with Gasteiger partial charge in [0, 0.05) is 5.56 Å². The van der Waals surface area contributed by atoms with E-state index in [9.17, 15) is 4.79 Å². The van der Waals surface area contributed by atoms with E-state index in [1.807, 2.05) is 31.2 Å². The smallest absolute Gasteiger partial charge is 0.251 e. The van der Waals surface area contributed by atoms with Crippen LogP contribution in [0.15, 0.2) is 49.1 Å². The second-order valence-corrected chi connectivity index (χ2v) is 5.83. The van der Waals surface area contributed by atoms with E-state index < -0.39 is 0 Å². The van der Waals surface area contributed by atoms with Gasteiger partial charge in [0.2, 0.25) is 0 Å². The predicted octanol–water partition coefficient (Wildman–Crippen LogP) is 3.93. The molecule has 0 bridgehead atoms. The van der Waals surface area contributed by atoms with Gasteiger partial charge in [0.25, 0.3) is 5.91 Å². The molecule has 0 radical (unpaired) electrons. The fraction of sp³-hybridized carbons (Fsp3) is 0.286. The molecule has 0 unspecified atom stereocenters. The maximum absolute atomic E-state index is 12.6. The molecule has 0 heterocycles. The summed E-state index contributed by atoms with van der Waals surface area (Å²) in [5, 5.41) is 3.01. The quantitative estimate of drug-likeness (QED) is 0.729. The van der Waals surface area contributed by atoms with Crippen molar-refractivity contribution < 1.29 is 19.0 Å². The van der Waals surface area contributed by atoms with Crippen molar-refractivity contribution in [2.24, 2.45) is 0 Å². The summed E-state index contributed by atoms with van der Waals surface area (Å²) in [6.07, 6.45) is 2.42. The summed E-state index contributed by atoms with van der Waals surface area (Å²) in [7, 11) is 4.79. The van der Waals surface area contributed by atoms with Gasteiger partial charge in [-0.3, -0.25) is 4.79 Å². The number of hydrogen-bond acceptors (Lipinski definition) is 4. The number of amides is 1. The zero-order valence-corrected chi connectivity index (χ0v) is 15.7. The minimum atomic E-state index is -0.188. The van der Waals surface area contributed by atoms with Crippen molar-refractivity contribution in [3.63, 3.8) is 0 Å². The first kappa shape index (κ1) is 19.4. The maximum atomic E-state index is 12.6. The van der Waals surface area contributed by atoms with Crippen LogP contribution in [0.5, 0.6) is 17.2 Å². The maximum Gasteiger partial charge on any atom is 0.251 e. The van der Waals surface area contributed by atoms with E-state index in [2.05, 4.69) is 11.9 Å². The summed E-state index contributed by atoms with van der Waals surface area (Å²) >= 11 is 0. The van der Waals surface area contributed by atoms with E-state index in [-0.39, 0.29) is 11.9 Å². The zero-order chi connectivity index (χ0) is 19.1. The molecule has 0 fully saturated rings. The van der Waals surface area contributed by atoms with E-state index in [1.54, 1.807) is 39.5 Å². The first-order valence-electron chi connectivity index (χ1n) is 8.34. The van der Waals surface area contributed by atoms with Crippen molar-refractivity contribution in [3.05, 3.63) is 65.7 Å². The fourth-order valence-corrected chi connectivity index (χ4v) is 2.72. The predicted molar refractivity (Wildman–Crippen MR) is 102 cm³/mol. The summed E-state index contributed by atoms with van der Waals surface area (Å²) in [6.45, 7) is 5.67. The minimum Gasteiger partial charge on any atom is -0.496 e. The van der Waals surface area contributed by atoms with Crippen molar-refractivity contribution in [2.45, 2.75) is 19.4 Å². The highest BCUT2D eigenvalue weighted by Crippen LogP contribution is 2.30. The lowest BCUT2D eigenvalue weighted by molar-refractivity contribution is 0.0939. The van der Waals surface area contributed by atoms with Crippen molar-refractivity contribution in [3.8, 4) is 17.2 Å². The van der Waals surface area contributed by atoms with Crippen molar-refractivity contribution >= 4 is 5.91 Å². The van der Waals surface area contributed by atoms with Gasteiger partial charge in [0.15, 0.2) is 11.5 Å². The van der Waals surface area contributed by atoms with Gasteiger partial charge in [-0.2, -0.15) is 0 Å². The number of nitrogens with one attached hydrogen (secondary N) is 1. The second-order valence-electron chi connectivity index (χ2n) is 5.83. The summed E-state index contributed by atoms with van der Waals surface area (Å²) in [5.74, 6) is 1.87. The molecule has 2 aromatic rings. The molecule has 5 heteroatoms. The van der Waals surface area contributed by atoms with Crippen LogP contribution in [0.2, 0.25) is 0 Å². The summed E-state index contributed by atoms with van der Waals surface area (Å²) in [4.78, 5) is 12.6. The molecule has 0 spiro atoms. The Bertz CT molecular complexity index is 786.